The molecule has 1 heterocycles. The molecule has 1 aromatic carbocycles. The van der Waals surface area contributed by atoms with Gasteiger partial charge in [-0.3, -0.25) is 4.79 Å². The van der Waals surface area contributed by atoms with E-state index in [0.29, 0.717) is 5.56 Å². The van der Waals surface area contributed by atoms with E-state index in [2.05, 4.69) is 0 Å². The standard InChI is InChI=1S/C14H19NO3S/c15-8-13(14(16)17)10-3-1-4-11(7-10)18-12-5-2-6-19-9-12/h1,3-4,7,12-13H,2,5-6,8-9,15H2,(H,16,17). The van der Waals surface area contributed by atoms with Gasteiger partial charge in [0, 0.05) is 12.3 Å². The van der Waals surface area contributed by atoms with Crippen molar-refractivity contribution >= 4 is 17.7 Å². The molecule has 2 unspecified atom stereocenters. The van der Waals surface area contributed by atoms with Crippen molar-refractivity contribution in [3.63, 3.8) is 0 Å². The minimum Gasteiger partial charge on any atom is -0.490 e. The number of carboxylic acids is 1. The van der Waals surface area contributed by atoms with Crippen LogP contribution in [0.4, 0.5) is 0 Å². The maximum absolute atomic E-state index is 11.1. The molecule has 1 aliphatic heterocycles. The van der Waals surface area contributed by atoms with Crippen LogP contribution in [-0.4, -0.2) is 35.2 Å². The molecule has 104 valence electrons. The van der Waals surface area contributed by atoms with Crippen LogP contribution in [0.2, 0.25) is 0 Å². The van der Waals surface area contributed by atoms with Crippen LogP contribution < -0.4 is 10.5 Å². The molecule has 0 amide bonds. The molecule has 1 saturated heterocycles. The van der Waals surface area contributed by atoms with E-state index in [1.807, 2.05) is 23.9 Å². The molecular weight excluding hydrogens is 262 g/mol. The smallest absolute Gasteiger partial charge is 0.312 e. The van der Waals surface area contributed by atoms with Gasteiger partial charge < -0.3 is 15.6 Å². The third-order valence-electron chi connectivity index (χ3n) is 3.22. The van der Waals surface area contributed by atoms with Gasteiger partial charge in [-0.25, -0.2) is 0 Å². The number of benzene rings is 1. The first-order chi connectivity index (χ1) is 9.20. The maximum atomic E-state index is 11.1. The predicted molar refractivity (Wildman–Crippen MR) is 76.8 cm³/mol. The fourth-order valence-electron chi connectivity index (χ4n) is 2.18. The summed E-state index contributed by atoms with van der Waals surface area (Å²) in [4.78, 5) is 11.1. The number of nitrogens with two attached hydrogens (primary N) is 1. The highest BCUT2D eigenvalue weighted by Crippen LogP contribution is 2.25. The number of carbonyl (C=O) groups is 1. The average molecular weight is 281 g/mol. The number of aliphatic carboxylic acids is 1. The highest BCUT2D eigenvalue weighted by atomic mass is 32.2. The second kappa shape index (κ2) is 6.82. The maximum Gasteiger partial charge on any atom is 0.312 e. The molecule has 3 N–H and O–H groups in total. The van der Waals surface area contributed by atoms with Crippen LogP contribution in [0.15, 0.2) is 24.3 Å². The van der Waals surface area contributed by atoms with Gasteiger partial charge in [-0.15, -0.1) is 0 Å². The van der Waals surface area contributed by atoms with Crippen molar-refractivity contribution in [3.8, 4) is 5.75 Å². The number of thioether (sulfide) groups is 1. The van der Waals surface area contributed by atoms with Gasteiger partial charge in [0.25, 0.3) is 0 Å². The van der Waals surface area contributed by atoms with Gasteiger partial charge in [-0.1, -0.05) is 12.1 Å². The lowest BCUT2D eigenvalue weighted by Crippen LogP contribution is -2.24. The van der Waals surface area contributed by atoms with Crippen molar-refractivity contribution in [1.29, 1.82) is 0 Å². The SMILES string of the molecule is NCC(C(=O)O)c1cccc(OC2CCCSC2)c1. The Balaban J connectivity index is 2.07. The van der Waals surface area contributed by atoms with Crippen molar-refractivity contribution in [2.24, 2.45) is 5.73 Å². The second-order valence-corrected chi connectivity index (χ2v) is 5.81. The zero-order valence-electron chi connectivity index (χ0n) is 10.7. The first-order valence-corrected chi connectivity index (χ1v) is 7.63. The van der Waals surface area contributed by atoms with Crippen LogP contribution in [0.3, 0.4) is 0 Å². The Bertz CT molecular complexity index is 432. The van der Waals surface area contributed by atoms with Gasteiger partial charge in [0.2, 0.25) is 0 Å². The highest BCUT2D eigenvalue weighted by Gasteiger charge is 2.19. The quantitative estimate of drug-likeness (QED) is 0.864. The van der Waals surface area contributed by atoms with Crippen molar-refractivity contribution in [2.45, 2.75) is 24.9 Å². The normalized spacial score (nSPS) is 20.8. The molecule has 19 heavy (non-hydrogen) atoms. The van der Waals surface area contributed by atoms with Gasteiger partial charge in [-0.05, 0) is 36.3 Å². The number of hydrogen-bond acceptors (Lipinski definition) is 4. The van der Waals surface area contributed by atoms with Crippen molar-refractivity contribution < 1.29 is 14.6 Å². The number of hydrogen-bond donors (Lipinski definition) is 2. The number of ether oxygens (including phenoxy) is 1. The zero-order chi connectivity index (χ0) is 13.7. The molecule has 0 aromatic heterocycles. The lowest BCUT2D eigenvalue weighted by atomic mass is 9.99. The summed E-state index contributed by atoms with van der Waals surface area (Å²) in [6.07, 6.45) is 2.47. The molecule has 0 radical (unpaired) electrons. The molecule has 0 aliphatic carbocycles. The Hall–Kier alpha value is -1.20. The Kier molecular flexibility index (Phi) is 5.10. The molecule has 1 aliphatic rings. The Labute approximate surface area is 117 Å². The molecule has 5 heteroatoms. The summed E-state index contributed by atoms with van der Waals surface area (Å²) in [6, 6.07) is 7.28. The van der Waals surface area contributed by atoms with E-state index in [-0.39, 0.29) is 12.6 Å². The fraction of sp³-hybridized carbons (Fsp3) is 0.500. The van der Waals surface area contributed by atoms with E-state index in [1.165, 1.54) is 12.2 Å². The van der Waals surface area contributed by atoms with Crippen LogP contribution >= 0.6 is 11.8 Å². The van der Waals surface area contributed by atoms with E-state index >= 15 is 0 Å². The third-order valence-corrected chi connectivity index (χ3v) is 4.40. The van der Waals surface area contributed by atoms with Crippen LogP contribution in [0, 0.1) is 0 Å². The summed E-state index contributed by atoms with van der Waals surface area (Å²) in [5.41, 5.74) is 6.22. The van der Waals surface area contributed by atoms with Crippen LogP contribution in [0.5, 0.6) is 5.75 Å². The Morgan fingerprint density at radius 1 is 1.58 bits per heavy atom. The number of rotatable bonds is 5. The highest BCUT2D eigenvalue weighted by molar-refractivity contribution is 7.99. The van der Waals surface area contributed by atoms with E-state index < -0.39 is 11.9 Å². The van der Waals surface area contributed by atoms with Gasteiger partial charge in [0.1, 0.15) is 11.9 Å². The summed E-state index contributed by atoms with van der Waals surface area (Å²) >= 11 is 1.90. The summed E-state index contributed by atoms with van der Waals surface area (Å²) in [5.74, 6) is 1.39. The first-order valence-electron chi connectivity index (χ1n) is 6.48. The summed E-state index contributed by atoms with van der Waals surface area (Å²) < 4.78 is 5.92. The minimum absolute atomic E-state index is 0.0953. The molecule has 1 aromatic rings. The minimum atomic E-state index is -0.895. The van der Waals surface area contributed by atoms with Gasteiger partial charge in [-0.2, -0.15) is 11.8 Å². The Morgan fingerprint density at radius 2 is 2.42 bits per heavy atom. The van der Waals surface area contributed by atoms with E-state index in [0.717, 1.165) is 17.9 Å². The van der Waals surface area contributed by atoms with Gasteiger partial charge in [0.15, 0.2) is 0 Å². The second-order valence-electron chi connectivity index (χ2n) is 4.66. The molecule has 2 atom stereocenters. The van der Waals surface area contributed by atoms with E-state index in [1.54, 1.807) is 12.1 Å². The average Bonchev–Trinajstić information content (AvgIpc) is 2.41. The van der Waals surface area contributed by atoms with Crippen LogP contribution in [0.25, 0.3) is 0 Å². The van der Waals surface area contributed by atoms with E-state index in [9.17, 15) is 4.79 Å². The largest absolute Gasteiger partial charge is 0.490 e. The fourth-order valence-corrected chi connectivity index (χ4v) is 3.22. The molecule has 0 saturated carbocycles. The topological polar surface area (TPSA) is 72.6 Å². The van der Waals surface area contributed by atoms with E-state index in [4.69, 9.17) is 15.6 Å². The predicted octanol–water partition coefficient (Wildman–Crippen LogP) is 2.09. The van der Waals surface area contributed by atoms with Gasteiger partial charge >= 0.3 is 5.97 Å². The van der Waals surface area contributed by atoms with Crippen LogP contribution in [-0.2, 0) is 4.79 Å². The molecule has 1 fully saturated rings. The zero-order valence-corrected chi connectivity index (χ0v) is 11.6. The molecule has 2 rings (SSSR count). The molecular formula is C14H19NO3S. The monoisotopic (exact) mass is 281 g/mol. The van der Waals surface area contributed by atoms with Gasteiger partial charge in [0.05, 0.1) is 5.92 Å². The Morgan fingerprint density at radius 3 is 3.05 bits per heavy atom. The summed E-state index contributed by atoms with van der Waals surface area (Å²) in [5, 5.41) is 9.11. The van der Waals surface area contributed by atoms with Crippen molar-refractivity contribution in [1.82, 2.24) is 0 Å². The lowest BCUT2D eigenvalue weighted by Gasteiger charge is -2.23. The first kappa shape index (κ1) is 14.2. The van der Waals surface area contributed by atoms with Crippen molar-refractivity contribution in [2.75, 3.05) is 18.1 Å². The molecule has 0 bridgehead atoms. The summed E-state index contributed by atoms with van der Waals surface area (Å²) in [7, 11) is 0. The van der Waals surface area contributed by atoms with Crippen LogP contribution in [0.1, 0.15) is 24.3 Å². The molecule has 0 spiro atoms. The molecule has 4 nitrogen and oxygen atoms in total. The third kappa shape index (κ3) is 3.88. The van der Waals surface area contributed by atoms with Crippen molar-refractivity contribution in [3.05, 3.63) is 29.8 Å². The lowest BCUT2D eigenvalue weighted by molar-refractivity contribution is -0.138. The number of carboxylic acid groups (broad SMARTS) is 1. The summed E-state index contributed by atoms with van der Waals surface area (Å²) in [6.45, 7) is 0.0953.